The number of hydrogen-bond donors (Lipinski definition) is 1. The monoisotopic (exact) mass is 301 g/mol. The molecule has 21 heavy (non-hydrogen) atoms. The highest BCUT2D eigenvalue weighted by Crippen LogP contribution is 2.30. The van der Waals surface area contributed by atoms with Gasteiger partial charge < -0.3 is 5.32 Å². The zero-order valence-corrected chi connectivity index (χ0v) is 14.2. The molecule has 0 saturated heterocycles. The number of benzene rings is 1. The standard InChI is InChI=1S/C19H27NS/c1-4-5-12-17(16-10-7-6-8-11-16)20-19(15(2)3)18-13-9-14-21-18/h6-11,13-15,17,19-20H,4-5,12H2,1-3H3. The van der Waals surface area contributed by atoms with Crippen molar-refractivity contribution in [3.63, 3.8) is 0 Å². The Bertz CT molecular complexity index is 490. The van der Waals surface area contributed by atoms with Crippen LogP contribution in [0.5, 0.6) is 0 Å². The third-order valence-corrected chi connectivity index (χ3v) is 4.90. The number of hydrogen-bond acceptors (Lipinski definition) is 2. The second-order valence-electron chi connectivity index (χ2n) is 6.01. The van der Waals surface area contributed by atoms with Crippen LogP contribution in [0.25, 0.3) is 0 Å². The van der Waals surface area contributed by atoms with Crippen LogP contribution < -0.4 is 5.32 Å². The average Bonchev–Trinajstić information content (AvgIpc) is 3.02. The third kappa shape index (κ3) is 4.69. The van der Waals surface area contributed by atoms with Crippen molar-refractivity contribution in [1.82, 2.24) is 5.32 Å². The maximum atomic E-state index is 3.92. The van der Waals surface area contributed by atoms with E-state index >= 15 is 0 Å². The lowest BCUT2D eigenvalue weighted by Gasteiger charge is -2.28. The van der Waals surface area contributed by atoms with E-state index in [9.17, 15) is 0 Å². The largest absolute Gasteiger partial charge is 0.302 e. The number of rotatable bonds is 8. The van der Waals surface area contributed by atoms with Crippen molar-refractivity contribution in [3.05, 3.63) is 58.3 Å². The fourth-order valence-corrected chi connectivity index (χ4v) is 3.69. The summed E-state index contributed by atoms with van der Waals surface area (Å²) >= 11 is 1.86. The van der Waals surface area contributed by atoms with E-state index in [-0.39, 0.29) is 0 Å². The Morgan fingerprint density at radius 1 is 1.05 bits per heavy atom. The van der Waals surface area contributed by atoms with Crippen molar-refractivity contribution in [2.24, 2.45) is 5.92 Å². The smallest absolute Gasteiger partial charge is 0.0442 e. The summed E-state index contributed by atoms with van der Waals surface area (Å²) in [6.45, 7) is 6.87. The van der Waals surface area contributed by atoms with E-state index in [0.717, 1.165) is 0 Å². The first-order valence-corrected chi connectivity index (χ1v) is 8.94. The molecule has 2 unspecified atom stereocenters. The molecule has 2 atom stereocenters. The molecule has 2 heteroatoms. The highest BCUT2D eigenvalue weighted by molar-refractivity contribution is 7.10. The predicted octanol–water partition coefficient (Wildman–Crippen LogP) is 5.97. The maximum Gasteiger partial charge on any atom is 0.0442 e. The molecule has 1 aromatic heterocycles. The summed E-state index contributed by atoms with van der Waals surface area (Å²) in [7, 11) is 0. The first-order valence-electron chi connectivity index (χ1n) is 8.06. The van der Waals surface area contributed by atoms with Crippen molar-refractivity contribution in [2.45, 2.75) is 52.1 Å². The molecule has 2 aromatic rings. The molecule has 0 saturated carbocycles. The molecular formula is C19H27NS. The molecule has 0 aliphatic heterocycles. The quantitative estimate of drug-likeness (QED) is 0.633. The maximum absolute atomic E-state index is 3.92. The van der Waals surface area contributed by atoms with Gasteiger partial charge in [-0.05, 0) is 29.3 Å². The van der Waals surface area contributed by atoms with Gasteiger partial charge in [-0.3, -0.25) is 0 Å². The van der Waals surface area contributed by atoms with Gasteiger partial charge in [-0.2, -0.15) is 0 Å². The first-order chi connectivity index (χ1) is 10.2. The Morgan fingerprint density at radius 3 is 2.38 bits per heavy atom. The molecule has 0 bridgehead atoms. The SMILES string of the molecule is CCCCC(NC(c1cccs1)C(C)C)c1ccccc1. The molecule has 1 N–H and O–H groups in total. The van der Waals surface area contributed by atoms with Crippen LogP contribution in [-0.4, -0.2) is 0 Å². The minimum atomic E-state index is 0.437. The first kappa shape index (κ1) is 16.3. The average molecular weight is 301 g/mol. The number of thiophene rings is 1. The molecule has 0 amide bonds. The van der Waals surface area contributed by atoms with E-state index in [1.165, 1.54) is 29.7 Å². The summed E-state index contributed by atoms with van der Waals surface area (Å²) in [6, 6.07) is 16.2. The molecule has 1 nitrogen and oxygen atoms in total. The van der Waals surface area contributed by atoms with Crippen LogP contribution in [0.2, 0.25) is 0 Å². The molecule has 0 radical (unpaired) electrons. The van der Waals surface area contributed by atoms with Crippen molar-refractivity contribution >= 4 is 11.3 Å². The normalized spacial score (nSPS) is 14.3. The van der Waals surface area contributed by atoms with Crippen molar-refractivity contribution in [3.8, 4) is 0 Å². The lowest BCUT2D eigenvalue weighted by atomic mass is 9.96. The zero-order chi connectivity index (χ0) is 15.1. The van der Waals surface area contributed by atoms with E-state index in [1.54, 1.807) is 0 Å². The lowest BCUT2D eigenvalue weighted by Crippen LogP contribution is -2.29. The van der Waals surface area contributed by atoms with Crippen molar-refractivity contribution in [1.29, 1.82) is 0 Å². The lowest BCUT2D eigenvalue weighted by molar-refractivity contribution is 0.351. The third-order valence-electron chi connectivity index (χ3n) is 3.95. The summed E-state index contributed by atoms with van der Waals surface area (Å²) in [5.41, 5.74) is 1.41. The van der Waals surface area contributed by atoms with Crippen LogP contribution in [0.1, 0.15) is 62.6 Å². The van der Waals surface area contributed by atoms with Gasteiger partial charge in [-0.1, -0.05) is 70.0 Å². The molecule has 0 fully saturated rings. The highest BCUT2D eigenvalue weighted by atomic mass is 32.1. The molecule has 1 heterocycles. The van der Waals surface area contributed by atoms with Crippen LogP contribution in [0.3, 0.4) is 0 Å². The van der Waals surface area contributed by atoms with Crippen LogP contribution in [0.4, 0.5) is 0 Å². The summed E-state index contributed by atoms with van der Waals surface area (Å²) in [5.74, 6) is 0.594. The Balaban J connectivity index is 2.16. The van der Waals surface area contributed by atoms with Crippen molar-refractivity contribution in [2.75, 3.05) is 0 Å². The second kappa shape index (κ2) is 8.35. The van der Waals surface area contributed by atoms with E-state index in [0.29, 0.717) is 18.0 Å². The predicted molar refractivity (Wildman–Crippen MR) is 93.7 cm³/mol. The topological polar surface area (TPSA) is 12.0 Å². The van der Waals surface area contributed by atoms with Gasteiger partial charge in [0.1, 0.15) is 0 Å². The zero-order valence-electron chi connectivity index (χ0n) is 13.4. The van der Waals surface area contributed by atoms with E-state index in [4.69, 9.17) is 0 Å². The molecule has 0 spiro atoms. The molecule has 114 valence electrons. The Labute approximate surface area is 133 Å². The molecule has 0 aliphatic rings. The van der Waals surface area contributed by atoms with E-state index < -0.39 is 0 Å². The van der Waals surface area contributed by atoms with Gasteiger partial charge >= 0.3 is 0 Å². The van der Waals surface area contributed by atoms with Gasteiger partial charge in [0.2, 0.25) is 0 Å². The molecule has 2 rings (SSSR count). The highest BCUT2D eigenvalue weighted by Gasteiger charge is 2.21. The number of nitrogens with one attached hydrogen (secondary N) is 1. The van der Waals surface area contributed by atoms with Crippen LogP contribution in [0, 0.1) is 5.92 Å². The minimum Gasteiger partial charge on any atom is -0.302 e. The van der Waals surface area contributed by atoms with E-state index in [2.05, 4.69) is 73.9 Å². The van der Waals surface area contributed by atoms with Gasteiger partial charge in [0.05, 0.1) is 0 Å². The van der Waals surface area contributed by atoms with Crippen LogP contribution in [-0.2, 0) is 0 Å². The summed E-state index contributed by atoms with van der Waals surface area (Å²) < 4.78 is 0. The fraction of sp³-hybridized carbons (Fsp3) is 0.474. The Morgan fingerprint density at radius 2 is 1.81 bits per heavy atom. The fourth-order valence-electron chi connectivity index (χ4n) is 2.73. The van der Waals surface area contributed by atoms with Gasteiger partial charge in [0, 0.05) is 17.0 Å². The second-order valence-corrected chi connectivity index (χ2v) is 6.99. The van der Waals surface area contributed by atoms with Gasteiger partial charge in [-0.25, -0.2) is 0 Å². The molecule has 1 aromatic carbocycles. The van der Waals surface area contributed by atoms with Gasteiger partial charge in [-0.15, -0.1) is 11.3 Å². The van der Waals surface area contributed by atoms with Crippen LogP contribution in [0.15, 0.2) is 47.8 Å². The number of unbranched alkanes of at least 4 members (excludes halogenated alkanes) is 1. The molecule has 0 aliphatic carbocycles. The summed E-state index contributed by atoms with van der Waals surface area (Å²) in [6.07, 6.45) is 3.72. The van der Waals surface area contributed by atoms with E-state index in [1.807, 2.05) is 11.3 Å². The van der Waals surface area contributed by atoms with Crippen molar-refractivity contribution < 1.29 is 0 Å². The van der Waals surface area contributed by atoms with Crippen LogP contribution >= 0.6 is 11.3 Å². The van der Waals surface area contributed by atoms with Gasteiger partial charge in [0.25, 0.3) is 0 Å². The Kier molecular flexibility index (Phi) is 6.47. The summed E-state index contributed by atoms with van der Waals surface area (Å²) in [5, 5.41) is 6.09. The Hall–Kier alpha value is -1.12. The molecular weight excluding hydrogens is 274 g/mol. The minimum absolute atomic E-state index is 0.437. The van der Waals surface area contributed by atoms with Gasteiger partial charge in [0.15, 0.2) is 0 Å². The summed E-state index contributed by atoms with van der Waals surface area (Å²) in [4.78, 5) is 1.45.